The second kappa shape index (κ2) is 10.7. The van der Waals surface area contributed by atoms with Gasteiger partial charge in [0, 0.05) is 7.26 Å². The predicted octanol–water partition coefficient (Wildman–Crippen LogP) is 7.39. The Balaban J connectivity index is 2.17. The summed E-state index contributed by atoms with van der Waals surface area (Å²) in [5.41, 5.74) is 3.09. The molecule has 0 saturated carbocycles. The van der Waals surface area contributed by atoms with Gasteiger partial charge in [0.2, 0.25) is 0 Å². The molecule has 0 unspecified atom stereocenters. The number of unbranched alkanes of at least 4 members (excludes halogenated alkanes) is 3. The minimum Gasteiger partial charge on any atom is -0.0654 e. The maximum atomic E-state index is 2.37. The highest BCUT2D eigenvalue weighted by Gasteiger charge is 2.36. The minimum atomic E-state index is -0.980. The standard InChI is InChI=1S/C23H34P/c1-3-5-6-13-19-24(18-4-2,20-22-14-9-7-10-15-22)21-23-16-11-8-12-17-23/h7-12,14-17H,3-6,13,18-21H2,1-2H3/q+1. The van der Waals surface area contributed by atoms with Crippen LogP contribution in [0.1, 0.15) is 57.1 Å². The summed E-state index contributed by atoms with van der Waals surface area (Å²) in [7, 11) is -0.980. The molecule has 0 fully saturated rings. The van der Waals surface area contributed by atoms with Crippen molar-refractivity contribution in [3.8, 4) is 0 Å². The summed E-state index contributed by atoms with van der Waals surface area (Å²) >= 11 is 0. The van der Waals surface area contributed by atoms with Gasteiger partial charge in [-0.1, -0.05) is 87.4 Å². The van der Waals surface area contributed by atoms with Crippen LogP contribution in [0, 0.1) is 0 Å². The molecule has 130 valence electrons. The number of hydrogen-bond donors (Lipinski definition) is 0. The summed E-state index contributed by atoms with van der Waals surface area (Å²) in [6.07, 6.45) is 12.4. The van der Waals surface area contributed by atoms with E-state index in [1.54, 1.807) is 11.1 Å². The molecule has 0 bridgehead atoms. The van der Waals surface area contributed by atoms with Crippen molar-refractivity contribution in [2.24, 2.45) is 0 Å². The molecule has 0 N–H and O–H groups in total. The van der Waals surface area contributed by atoms with Gasteiger partial charge < -0.3 is 0 Å². The molecule has 2 aromatic carbocycles. The van der Waals surface area contributed by atoms with E-state index >= 15 is 0 Å². The largest absolute Gasteiger partial charge is 0.0846 e. The maximum absolute atomic E-state index is 2.37. The first-order valence-electron chi connectivity index (χ1n) is 9.71. The highest BCUT2D eigenvalue weighted by molar-refractivity contribution is 7.74. The van der Waals surface area contributed by atoms with Gasteiger partial charge in [-0.3, -0.25) is 0 Å². The molecule has 0 aromatic heterocycles. The van der Waals surface area contributed by atoms with E-state index in [1.165, 1.54) is 56.8 Å². The molecule has 0 atom stereocenters. The average molecular weight is 341 g/mol. The van der Waals surface area contributed by atoms with Crippen molar-refractivity contribution in [2.75, 3.05) is 12.3 Å². The molecule has 0 aliphatic heterocycles. The lowest BCUT2D eigenvalue weighted by atomic mass is 10.2. The van der Waals surface area contributed by atoms with Crippen molar-refractivity contribution in [3.63, 3.8) is 0 Å². The number of benzene rings is 2. The van der Waals surface area contributed by atoms with E-state index in [4.69, 9.17) is 0 Å². The Kier molecular flexibility index (Phi) is 8.54. The first-order valence-corrected chi connectivity index (χ1v) is 12.2. The average Bonchev–Trinajstić information content (AvgIpc) is 2.61. The Bertz CT molecular complexity index is 505. The summed E-state index contributed by atoms with van der Waals surface area (Å²) in [4.78, 5) is 0. The summed E-state index contributed by atoms with van der Waals surface area (Å²) < 4.78 is 0. The van der Waals surface area contributed by atoms with Crippen molar-refractivity contribution >= 4 is 7.26 Å². The first-order chi connectivity index (χ1) is 11.8. The Morgan fingerprint density at radius 3 is 1.58 bits per heavy atom. The summed E-state index contributed by atoms with van der Waals surface area (Å²) in [6, 6.07) is 22.4. The van der Waals surface area contributed by atoms with Gasteiger partial charge in [0.1, 0.15) is 0 Å². The lowest BCUT2D eigenvalue weighted by molar-refractivity contribution is 0.702. The molecule has 2 rings (SSSR count). The quantitative estimate of drug-likeness (QED) is 0.295. The molecule has 0 amide bonds. The molecule has 24 heavy (non-hydrogen) atoms. The van der Waals surface area contributed by atoms with Gasteiger partial charge >= 0.3 is 0 Å². The van der Waals surface area contributed by atoms with Crippen molar-refractivity contribution in [2.45, 2.75) is 58.3 Å². The van der Waals surface area contributed by atoms with Gasteiger partial charge in [-0.05, 0) is 30.4 Å². The van der Waals surface area contributed by atoms with Crippen LogP contribution in [0.5, 0.6) is 0 Å². The molecule has 0 saturated heterocycles. The Hall–Kier alpha value is -1.13. The normalized spacial score (nSPS) is 11.6. The van der Waals surface area contributed by atoms with Crippen LogP contribution in [0.4, 0.5) is 0 Å². The fourth-order valence-corrected chi connectivity index (χ4v) is 8.56. The summed E-state index contributed by atoms with van der Waals surface area (Å²) in [6.45, 7) is 4.68. The van der Waals surface area contributed by atoms with Crippen LogP contribution < -0.4 is 0 Å². The third-order valence-corrected chi connectivity index (χ3v) is 9.64. The van der Waals surface area contributed by atoms with Crippen LogP contribution in [-0.2, 0) is 12.3 Å². The van der Waals surface area contributed by atoms with Crippen LogP contribution in [0.2, 0.25) is 0 Å². The van der Waals surface area contributed by atoms with Crippen molar-refractivity contribution in [1.82, 2.24) is 0 Å². The van der Waals surface area contributed by atoms with Crippen LogP contribution >= 0.6 is 7.26 Å². The zero-order valence-corrected chi connectivity index (χ0v) is 16.5. The molecule has 0 spiro atoms. The number of rotatable bonds is 11. The van der Waals surface area contributed by atoms with E-state index in [0.717, 1.165) is 0 Å². The van der Waals surface area contributed by atoms with Gasteiger partial charge in [-0.25, -0.2) is 0 Å². The number of hydrogen-bond acceptors (Lipinski definition) is 0. The van der Waals surface area contributed by atoms with E-state index < -0.39 is 7.26 Å². The van der Waals surface area contributed by atoms with Crippen LogP contribution in [0.25, 0.3) is 0 Å². The molecule has 0 radical (unpaired) electrons. The highest BCUT2D eigenvalue weighted by atomic mass is 31.2. The van der Waals surface area contributed by atoms with E-state index in [1.807, 2.05) is 0 Å². The Morgan fingerprint density at radius 2 is 1.12 bits per heavy atom. The Morgan fingerprint density at radius 1 is 0.583 bits per heavy atom. The third kappa shape index (κ3) is 6.40. The van der Waals surface area contributed by atoms with E-state index in [2.05, 4.69) is 74.5 Å². The predicted molar refractivity (Wildman–Crippen MR) is 111 cm³/mol. The highest BCUT2D eigenvalue weighted by Crippen LogP contribution is 2.65. The van der Waals surface area contributed by atoms with Gasteiger partial charge in [0.15, 0.2) is 0 Å². The van der Waals surface area contributed by atoms with Crippen molar-refractivity contribution in [3.05, 3.63) is 71.8 Å². The molecular weight excluding hydrogens is 307 g/mol. The zero-order valence-electron chi connectivity index (χ0n) is 15.6. The lowest BCUT2D eigenvalue weighted by Gasteiger charge is -2.28. The fraction of sp³-hybridized carbons (Fsp3) is 0.478. The molecule has 0 nitrogen and oxygen atoms in total. The van der Waals surface area contributed by atoms with Gasteiger partial charge in [0.05, 0.1) is 24.6 Å². The smallest absolute Gasteiger partial charge is 0.0654 e. The zero-order chi connectivity index (χ0) is 17.1. The van der Waals surface area contributed by atoms with E-state index in [-0.39, 0.29) is 0 Å². The van der Waals surface area contributed by atoms with Gasteiger partial charge in [-0.15, -0.1) is 0 Å². The molecule has 1 heteroatoms. The molecule has 0 aliphatic carbocycles. The monoisotopic (exact) mass is 341 g/mol. The minimum absolute atomic E-state index is 0.980. The summed E-state index contributed by atoms with van der Waals surface area (Å²) in [5, 5.41) is 0. The fourth-order valence-electron chi connectivity index (χ4n) is 3.77. The molecular formula is C23H34P+. The maximum Gasteiger partial charge on any atom is 0.0846 e. The van der Waals surface area contributed by atoms with Crippen LogP contribution in [0.3, 0.4) is 0 Å². The van der Waals surface area contributed by atoms with E-state index in [0.29, 0.717) is 0 Å². The van der Waals surface area contributed by atoms with Gasteiger partial charge in [-0.2, -0.15) is 0 Å². The first kappa shape index (κ1) is 19.2. The summed E-state index contributed by atoms with van der Waals surface area (Å²) in [5.74, 6) is 0. The molecule has 2 aromatic rings. The van der Waals surface area contributed by atoms with Crippen LogP contribution in [-0.4, -0.2) is 12.3 Å². The van der Waals surface area contributed by atoms with Crippen molar-refractivity contribution in [1.29, 1.82) is 0 Å². The SMILES string of the molecule is CCCCCC[P+](CCC)(Cc1ccccc1)Cc1ccccc1. The van der Waals surface area contributed by atoms with Crippen LogP contribution in [0.15, 0.2) is 60.7 Å². The van der Waals surface area contributed by atoms with E-state index in [9.17, 15) is 0 Å². The third-order valence-electron chi connectivity index (χ3n) is 4.91. The topological polar surface area (TPSA) is 0 Å². The van der Waals surface area contributed by atoms with Gasteiger partial charge in [0.25, 0.3) is 0 Å². The second-order valence-electron chi connectivity index (χ2n) is 7.14. The Labute approximate surface area is 150 Å². The second-order valence-corrected chi connectivity index (χ2v) is 11.3. The molecule has 0 heterocycles. The molecule has 0 aliphatic rings. The van der Waals surface area contributed by atoms with Crippen molar-refractivity contribution < 1.29 is 0 Å². The lowest BCUT2D eigenvalue weighted by Crippen LogP contribution is -2.10.